The Labute approximate surface area is 137 Å². The first kappa shape index (κ1) is 21.8. The minimum atomic E-state index is -0.697. The molecule has 0 atom stereocenters. The van der Waals surface area contributed by atoms with Crippen molar-refractivity contribution in [2.45, 2.75) is 26.7 Å². The maximum Gasteiger partial charge on any atom is 0.304 e. The second kappa shape index (κ2) is 11.3. The SMILES string of the molecule is CC(C)(CO)CO.O=C(O)CCN1CC1.O=C(O)CCN1CC1. The number of rotatable bonds is 8. The van der Waals surface area contributed by atoms with Crippen molar-refractivity contribution in [2.24, 2.45) is 5.41 Å². The van der Waals surface area contributed by atoms with E-state index in [1.807, 2.05) is 0 Å². The molecule has 8 heteroatoms. The highest BCUT2D eigenvalue weighted by molar-refractivity contribution is 5.67. The van der Waals surface area contributed by atoms with Crippen LogP contribution in [0.25, 0.3) is 0 Å². The summed E-state index contributed by atoms with van der Waals surface area (Å²) in [4.78, 5) is 24.0. The Hall–Kier alpha value is -1.22. The zero-order valence-electron chi connectivity index (χ0n) is 14.1. The van der Waals surface area contributed by atoms with Gasteiger partial charge in [-0.05, 0) is 0 Å². The second-order valence-corrected chi connectivity index (χ2v) is 6.45. The van der Waals surface area contributed by atoms with Gasteiger partial charge in [0.05, 0.1) is 26.1 Å². The predicted molar refractivity (Wildman–Crippen MR) is 85.3 cm³/mol. The molecule has 0 unspecified atom stereocenters. The van der Waals surface area contributed by atoms with Crippen LogP contribution in [0.4, 0.5) is 0 Å². The molecule has 0 aromatic heterocycles. The largest absolute Gasteiger partial charge is 0.481 e. The van der Waals surface area contributed by atoms with E-state index in [0.29, 0.717) is 12.8 Å². The van der Waals surface area contributed by atoms with Gasteiger partial charge in [-0.15, -0.1) is 0 Å². The third-order valence-electron chi connectivity index (χ3n) is 3.22. The summed E-state index contributed by atoms with van der Waals surface area (Å²) < 4.78 is 0. The van der Waals surface area contributed by atoms with Crippen molar-refractivity contribution < 1.29 is 30.0 Å². The van der Waals surface area contributed by atoms with Crippen LogP contribution in [0.2, 0.25) is 0 Å². The van der Waals surface area contributed by atoms with Crippen molar-refractivity contribution in [2.75, 3.05) is 52.5 Å². The van der Waals surface area contributed by atoms with E-state index in [1.54, 1.807) is 13.8 Å². The zero-order valence-corrected chi connectivity index (χ0v) is 14.1. The molecule has 2 aliphatic rings. The average Bonchev–Trinajstić information content (AvgIpc) is 3.39. The van der Waals surface area contributed by atoms with E-state index < -0.39 is 11.9 Å². The first-order valence-electron chi connectivity index (χ1n) is 7.80. The summed E-state index contributed by atoms with van der Waals surface area (Å²) in [6, 6.07) is 0. The van der Waals surface area contributed by atoms with Crippen LogP contribution in [0, 0.1) is 5.41 Å². The Bertz CT molecular complexity index is 322. The van der Waals surface area contributed by atoms with Gasteiger partial charge >= 0.3 is 11.9 Å². The fourth-order valence-electron chi connectivity index (χ4n) is 1.15. The van der Waals surface area contributed by atoms with Crippen molar-refractivity contribution in [3.05, 3.63) is 0 Å². The van der Waals surface area contributed by atoms with Crippen LogP contribution in [-0.4, -0.2) is 94.6 Å². The Kier molecular flexibility index (Phi) is 10.7. The predicted octanol–water partition coefficient (Wildman–Crippen LogP) is -0.449. The van der Waals surface area contributed by atoms with Crippen molar-refractivity contribution >= 4 is 11.9 Å². The standard InChI is InChI=1S/2C5H9NO2.C5H12O2/c2*7-5(8)1-2-6-3-4-6;1-5(2,3-6)4-7/h2*1-4H2,(H,7,8);6-7H,3-4H2,1-2H3. The first-order chi connectivity index (χ1) is 10.7. The fraction of sp³-hybridized carbons (Fsp3) is 0.867. The molecule has 0 spiro atoms. The quantitative estimate of drug-likeness (QED) is 0.441. The van der Waals surface area contributed by atoms with Crippen LogP contribution in [0.15, 0.2) is 0 Å². The Morgan fingerprint density at radius 2 is 1.13 bits per heavy atom. The summed E-state index contributed by atoms with van der Waals surface area (Å²) in [5, 5.41) is 33.2. The van der Waals surface area contributed by atoms with E-state index in [-0.39, 0.29) is 18.6 Å². The normalized spacial score (nSPS) is 16.5. The lowest BCUT2D eigenvalue weighted by atomic mass is 9.97. The van der Waals surface area contributed by atoms with E-state index in [9.17, 15) is 9.59 Å². The van der Waals surface area contributed by atoms with Gasteiger partial charge in [0.1, 0.15) is 0 Å². The van der Waals surface area contributed by atoms with Gasteiger partial charge in [0, 0.05) is 44.7 Å². The molecule has 0 aliphatic carbocycles. The summed E-state index contributed by atoms with van der Waals surface area (Å²) in [6.07, 6.45) is 0.583. The van der Waals surface area contributed by atoms with Crippen LogP contribution in [0.1, 0.15) is 26.7 Å². The van der Waals surface area contributed by atoms with Crippen molar-refractivity contribution in [1.82, 2.24) is 9.80 Å². The second-order valence-electron chi connectivity index (χ2n) is 6.45. The number of aliphatic carboxylic acids is 2. The van der Waals surface area contributed by atoms with Crippen LogP contribution in [-0.2, 0) is 9.59 Å². The van der Waals surface area contributed by atoms with Gasteiger partial charge in [-0.25, -0.2) is 0 Å². The smallest absolute Gasteiger partial charge is 0.304 e. The zero-order chi connectivity index (χ0) is 17.9. The number of hydrogen-bond acceptors (Lipinski definition) is 6. The van der Waals surface area contributed by atoms with Gasteiger partial charge in [0.15, 0.2) is 0 Å². The molecule has 0 aromatic rings. The van der Waals surface area contributed by atoms with Gasteiger partial charge in [0.2, 0.25) is 0 Å². The highest BCUT2D eigenvalue weighted by atomic mass is 16.4. The highest BCUT2D eigenvalue weighted by Crippen LogP contribution is 2.10. The van der Waals surface area contributed by atoms with Gasteiger partial charge in [-0.1, -0.05) is 13.8 Å². The first-order valence-corrected chi connectivity index (χ1v) is 7.80. The minimum Gasteiger partial charge on any atom is -0.481 e. The summed E-state index contributed by atoms with van der Waals surface area (Å²) in [5.74, 6) is -1.39. The number of aliphatic hydroxyl groups is 2. The van der Waals surface area contributed by atoms with Crippen LogP contribution in [0.5, 0.6) is 0 Å². The topological polar surface area (TPSA) is 121 Å². The molecule has 2 rings (SSSR count). The van der Waals surface area contributed by atoms with Crippen molar-refractivity contribution in [1.29, 1.82) is 0 Å². The third kappa shape index (κ3) is 17.0. The Morgan fingerprint density at radius 3 is 1.26 bits per heavy atom. The van der Waals surface area contributed by atoms with Crippen molar-refractivity contribution in [3.63, 3.8) is 0 Å². The monoisotopic (exact) mass is 334 g/mol. The van der Waals surface area contributed by atoms with Crippen molar-refractivity contribution in [3.8, 4) is 0 Å². The molecule has 0 bridgehead atoms. The van der Waals surface area contributed by atoms with Gasteiger partial charge in [-0.3, -0.25) is 9.59 Å². The number of carboxylic acids is 2. The van der Waals surface area contributed by atoms with Gasteiger partial charge in [0.25, 0.3) is 0 Å². The molecule has 8 nitrogen and oxygen atoms in total. The number of hydrogen-bond donors (Lipinski definition) is 4. The summed E-state index contributed by atoms with van der Waals surface area (Å²) >= 11 is 0. The van der Waals surface area contributed by atoms with Crippen LogP contribution >= 0.6 is 0 Å². The minimum absolute atomic E-state index is 0.0451. The van der Waals surface area contributed by atoms with E-state index in [0.717, 1.165) is 39.3 Å². The van der Waals surface area contributed by atoms with E-state index in [2.05, 4.69) is 9.80 Å². The fourth-order valence-corrected chi connectivity index (χ4v) is 1.15. The van der Waals surface area contributed by atoms with Crippen LogP contribution < -0.4 is 0 Å². The number of aliphatic hydroxyl groups excluding tert-OH is 2. The van der Waals surface area contributed by atoms with E-state index in [4.69, 9.17) is 20.4 Å². The Morgan fingerprint density at radius 1 is 0.826 bits per heavy atom. The molecule has 2 heterocycles. The molecule has 2 saturated heterocycles. The third-order valence-corrected chi connectivity index (χ3v) is 3.22. The lowest BCUT2D eigenvalue weighted by molar-refractivity contribution is -0.138. The lowest BCUT2D eigenvalue weighted by Gasteiger charge is -2.16. The maximum atomic E-state index is 9.90. The molecular formula is C15H30N2O6. The molecular weight excluding hydrogens is 304 g/mol. The molecule has 0 aromatic carbocycles. The molecule has 4 N–H and O–H groups in total. The molecule has 23 heavy (non-hydrogen) atoms. The van der Waals surface area contributed by atoms with E-state index >= 15 is 0 Å². The number of carbonyl (C=O) groups is 2. The molecule has 0 saturated carbocycles. The molecule has 136 valence electrons. The maximum absolute atomic E-state index is 9.90. The Balaban J connectivity index is 0.000000317. The molecule has 0 radical (unpaired) electrons. The number of carboxylic acid groups (broad SMARTS) is 2. The summed E-state index contributed by atoms with van der Waals surface area (Å²) in [6.45, 7) is 9.51. The summed E-state index contributed by atoms with van der Waals surface area (Å²) in [5.41, 5.74) is -0.306. The lowest BCUT2D eigenvalue weighted by Crippen LogP contribution is -2.20. The van der Waals surface area contributed by atoms with Gasteiger partial charge in [-0.2, -0.15) is 0 Å². The highest BCUT2D eigenvalue weighted by Gasteiger charge is 2.17. The summed E-state index contributed by atoms with van der Waals surface area (Å²) in [7, 11) is 0. The van der Waals surface area contributed by atoms with Crippen LogP contribution in [0.3, 0.4) is 0 Å². The van der Waals surface area contributed by atoms with E-state index in [1.165, 1.54) is 0 Å². The van der Waals surface area contributed by atoms with Gasteiger partial charge < -0.3 is 30.2 Å². The molecule has 2 aliphatic heterocycles. The molecule has 0 amide bonds. The molecule has 2 fully saturated rings. The average molecular weight is 334 g/mol. The number of nitrogens with zero attached hydrogens (tertiary/aromatic N) is 2.